The fourth-order valence-corrected chi connectivity index (χ4v) is 3.06. The molecule has 0 aromatic carbocycles. The Morgan fingerprint density at radius 1 is 1.22 bits per heavy atom. The second-order valence-electron chi connectivity index (χ2n) is 7.52. The van der Waals surface area contributed by atoms with Gasteiger partial charge < -0.3 is 20.1 Å². The molecule has 1 heterocycles. The van der Waals surface area contributed by atoms with E-state index in [-0.39, 0.29) is 18.6 Å². The van der Waals surface area contributed by atoms with Crippen LogP contribution in [0.3, 0.4) is 0 Å². The van der Waals surface area contributed by atoms with E-state index in [1.165, 1.54) is 0 Å². The van der Waals surface area contributed by atoms with E-state index in [1.54, 1.807) is 4.90 Å². The van der Waals surface area contributed by atoms with Gasteiger partial charge in [0.25, 0.3) is 5.92 Å². The maximum Gasteiger partial charge on any atom is 0.410 e. The smallest absolute Gasteiger partial charge is 0.410 e. The van der Waals surface area contributed by atoms with Crippen molar-refractivity contribution in [1.29, 1.82) is 0 Å². The van der Waals surface area contributed by atoms with Crippen molar-refractivity contribution in [3.63, 3.8) is 0 Å². The predicted molar refractivity (Wildman–Crippen MR) is 82.5 cm³/mol. The molecule has 1 amide bonds. The third kappa shape index (κ3) is 5.01. The molecule has 1 aliphatic carbocycles. The van der Waals surface area contributed by atoms with Crippen LogP contribution in [0.15, 0.2) is 0 Å². The van der Waals surface area contributed by atoms with Crippen molar-refractivity contribution in [1.82, 2.24) is 4.90 Å². The maximum atomic E-state index is 13.7. The van der Waals surface area contributed by atoms with Gasteiger partial charge in [-0.25, -0.2) is 13.6 Å². The highest BCUT2D eigenvalue weighted by Crippen LogP contribution is 2.35. The van der Waals surface area contributed by atoms with Crippen molar-refractivity contribution >= 4 is 6.09 Å². The van der Waals surface area contributed by atoms with Gasteiger partial charge in [0.2, 0.25) is 0 Å². The minimum atomic E-state index is -2.85. The molecule has 0 aromatic heterocycles. The Morgan fingerprint density at radius 2 is 1.83 bits per heavy atom. The summed E-state index contributed by atoms with van der Waals surface area (Å²) in [5.74, 6) is -2.85. The van der Waals surface area contributed by atoms with E-state index in [9.17, 15) is 13.6 Å². The zero-order valence-corrected chi connectivity index (χ0v) is 14.2. The number of halogens is 2. The summed E-state index contributed by atoms with van der Waals surface area (Å²) in [6, 6.07) is -1.24. The van der Waals surface area contributed by atoms with Crippen LogP contribution in [0.4, 0.5) is 13.6 Å². The number of hydrogen-bond donors (Lipinski definition) is 1. The molecule has 1 saturated carbocycles. The molecular weight excluding hydrogens is 306 g/mol. The highest BCUT2D eigenvalue weighted by Gasteiger charge is 2.46. The van der Waals surface area contributed by atoms with Gasteiger partial charge in [0, 0.05) is 19.5 Å². The normalized spacial score (nSPS) is 29.4. The number of nitrogens with zero attached hydrogens (tertiary/aromatic N) is 1. The summed E-state index contributed by atoms with van der Waals surface area (Å²) in [6.07, 6.45) is 1.02. The van der Waals surface area contributed by atoms with Crippen molar-refractivity contribution in [3.8, 4) is 0 Å². The molecule has 0 aromatic rings. The first-order chi connectivity index (χ1) is 10.6. The average molecular weight is 334 g/mol. The lowest BCUT2D eigenvalue weighted by molar-refractivity contribution is -0.139. The summed E-state index contributed by atoms with van der Waals surface area (Å²) < 4.78 is 38.5. The molecule has 0 bridgehead atoms. The van der Waals surface area contributed by atoms with Crippen LogP contribution in [-0.4, -0.2) is 53.9 Å². The lowest BCUT2D eigenvalue weighted by atomic mass is 9.89. The van der Waals surface area contributed by atoms with E-state index in [0.29, 0.717) is 38.8 Å². The second kappa shape index (κ2) is 6.89. The van der Waals surface area contributed by atoms with E-state index in [2.05, 4.69) is 0 Å². The Morgan fingerprint density at radius 3 is 2.39 bits per heavy atom. The minimum Gasteiger partial charge on any atom is -0.444 e. The van der Waals surface area contributed by atoms with Crippen LogP contribution in [-0.2, 0) is 9.47 Å². The van der Waals surface area contributed by atoms with Gasteiger partial charge in [0.1, 0.15) is 5.60 Å². The van der Waals surface area contributed by atoms with E-state index in [0.717, 1.165) is 0 Å². The molecule has 1 saturated heterocycles. The molecule has 2 atom stereocenters. The van der Waals surface area contributed by atoms with Crippen molar-refractivity contribution < 1.29 is 23.0 Å². The molecular formula is C16H28F2N2O3. The van der Waals surface area contributed by atoms with Crippen LogP contribution in [0.2, 0.25) is 0 Å². The van der Waals surface area contributed by atoms with Gasteiger partial charge in [0.05, 0.1) is 18.2 Å². The van der Waals surface area contributed by atoms with Gasteiger partial charge in [-0.3, -0.25) is 0 Å². The zero-order valence-electron chi connectivity index (χ0n) is 14.2. The van der Waals surface area contributed by atoms with Crippen LogP contribution >= 0.6 is 0 Å². The van der Waals surface area contributed by atoms with Crippen LogP contribution < -0.4 is 5.73 Å². The first kappa shape index (κ1) is 18.4. The van der Waals surface area contributed by atoms with E-state index < -0.39 is 23.7 Å². The third-order valence-corrected chi connectivity index (χ3v) is 4.35. The van der Waals surface area contributed by atoms with Crippen molar-refractivity contribution in [3.05, 3.63) is 0 Å². The molecule has 7 heteroatoms. The third-order valence-electron chi connectivity index (χ3n) is 4.35. The summed E-state index contributed by atoms with van der Waals surface area (Å²) in [7, 11) is 0. The standard InChI is InChI=1S/C16H28F2N2O3/c1-15(2,3)23-14(21)20-9-6-11(7-10-20)22-12-5-4-8-16(17,18)13(12)19/h11-13H,4-10,19H2,1-3H3/t12-,13+/m0/s1. The van der Waals surface area contributed by atoms with Crippen LogP contribution in [0.25, 0.3) is 0 Å². The second-order valence-corrected chi connectivity index (χ2v) is 7.52. The first-order valence-electron chi connectivity index (χ1n) is 8.35. The lowest BCUT2D eigenvalue weighted by Gasteiger charge is -2.39. The van der Waals surface area contributed by atoms with Gasteiger partial charge >= 0.3 is 6.09 Å². The Bertz CT molecular complexity index is 418. The van der Waals surface area contributed by atoms with Crippen molar-refractivity contribution in [2.45, 2.75) is 82.6 Å². The molecule has 23 heavy (non-hydrogen) atoms. The fraction of sp³-hybridized carbons (Fsp3) is 0.938. The number of alkyl halides is 2. The number of piperidine rings is 1. The summed E-state index contributed by atoms with van der Waals surface area (Å²) in [5.41, 5.74) is 5.14. The van der Waals surface area contributed by atoms with Gasteiger partial charge in [-0.05, 0) is 46.5 Å². The molecule has 0 unspecified atom stereocenters. The topological polar surface area (TPSA) is 64.8 Å². The van der Waals surface area contributed by atoms with Gasteiger partial charge in [-0.2, -0.15) is 0 Å². The summed E-state index contributed by atoms with van der Waals surface area (Å²) in [6.45, 7) is 6.50. The molecule has 1 aliphatic heterocycles. The first-order valence-corrected chi connectivity index (χ1v) is 8.35. The monoisotopic (exact) mass is 334 g/mol. The molecule has 0 spiro atoms. The highest BCUT2D eigenvalue weighted by atomic mass is 19.3. The number of hydrogen-bond acceptors (Lipinski definition) is 4. The SMILES string of the molecule is CC(C)(C)OC(=O)N1CCC(O[C@H]2CCCC(F)(F)[C@@H]2N)CC1. The summed E-state index contributed by atoms with van der Waals surface area (Å²) in [5, 5.41) is 0. The molecule has 0 radical (unpaired) electrons. The number of carbonyl (C=O) groups excluding carboxylic acids is 1. The van der Waals surface area contributed by atoms with Crippen LogP contribution in [0, 0.1) is 0 Å². The van der Waals surface area contributed by atoms with Gasteiger partial charge in [0.15, 0.2) is 0 Å². The Balaban J connectivity index is 1.80. The van der Waals surface area contributed by atoms with Crippen LogP contribution in [0.5, 0.6) is 0 Å². The fourth-order valence-electron chi connectivity index (χ4n) is 3.06. The summed E-state index contributed by atoms with van der Waals surface area (Å²) in [4.78, 5) is 13.6. The summed E-state index contributed by atoms with van der Waals surface area (Å²) >= 11 is 0. The number of likely N-dealkylation sites (tertiary alicyclic amines) is 1. The maximum absolute atomic E-state index is 13.7. The number of nitrogens with two attached hydrogens (primary N) is 1. The quantitative estimate of drug-likeness (QED) is 0.843. The largest absolute Gasteiger partial charge is 0.444 e. The molecule has 2 fully saturated rings. The Kier molecular flexibility index (Phi) is 5.51. The van der Waals surface area contributed by atoms with Gasteiger partial charge in [-0.15, -0.1) is 0 Å². The molecule has 2 rings (SSSR count). The zero-order chi connectivity index (χ0) is 17.3. The predicted octanol–water partition coefficient (Wildman–Crippen LogP) is 2.92. The molecule has 2 N–H and O–H groups in total. The number of rotatable bonds is 2. The molecule has 134 valence electrons. The van der Waals surface area contributed by atoms with Crippen molar-refractivity contribution in [2.24, 2.45) is 5.73 Å². The van der Waals surface area contributed by atoms with E-state index in [4.69, 9.17) is 15.2 Å². The molecule has 5 nitrogen and oxygen atoms in total. The highest BCUT2D eigenvalue weighted by molar-refractivity contribution is 5.68. The molecule has 2 aliphatic rings. The lowest BCUT2D eigenvalue weighted by Crippen LogP contribution is -2.55. The number of carbonyl (C=O) groups is 1. The van der Waals surface area contributed by atoms with Crippen molar-refractivity contribution in [2.75, 3.05) is 13.1 Å². The van der Waals surface area contributed by atoms with E-state index in [1.807, 2.05) is 20.8 Å². The van der Waals surface area contributed by atoms with Crippen LogP contribution in [0.1, 0.15) is 52.9 Å². The number of ether oxygens (including phenoxy) is 2. The Hall–Kier alpha value is -0.950. The van der Waals surface area contributed by atoms with E-state index >= 15 is 0 Å². The number of amides is 1. The minimum absolute atomic E-state index is 0.126. The average Bonchev–Trinajstić information content (AvgIpc) is 2.43. The van der Waals surface area contributed by atoms with Gasteiger partial charge in [-0.1, -0.05) is 0 Å². The Labute approximate surface area is 136 Å².